The molecule has 2 amide bonds. The van der Waals surface area contributed by atoms with Crippen LogP contribution in [0.25, 0.3) is 0 Å². The van der Waals surface area contributed by atoms with Crippen molar-refractivity contribution < 1.29 is 14.0 Å². The van der Waals surface area contributed by atoms with E-state index in [-0.39, 0.29) is 17.6 Å². The summed E-state index contributed by atoms with van der Waals surface area (Å²) in [4.78, 5) is 29.8. The number of hydrogen-bond acceptors (Lipinski definition) is 5. The predicted molar refractivity (Wildman–Crippen MR) is 117 cm³/mol. The van der Waals surface area contributed by atoms with E-state index in [9.17, 15) is 9.59 Å². The highest BCUT2D eigenvalue weighted by atomic mass is 32.1. The molecule has 1 aromatic carbocycles. The molecule has 0 unspecified atom stereocenters. The maximum Gasteiger partial charge on any atom is 0.291 e. The fourth-order valence-electron chi connectivity index (χ4n) is 3.11. The number of nitrogens with zero attached hydrogens (tertiary/aromatic N) is 2. The zero-order valence-corrected chi connectivity index (χ0v) is 17.7. The number of rotatable bonds is 8. The fourth-order valence-corrected chi connectivity index (χ4v) is 3.80. The summed E-state index contributed by atoms with van der Waals surface area (Å²) in [5.41, 5.74) is 2.62. The number of benzene rings is 1. The van der Waals surface area contributed by atoms with Gasteiger partial charge in [0.05, 0.1) is 11.1 Å². The summed E-state index contributed by atoms with van der Waals surface area (Å²) in [6.07, 6.45) is 2.33. The Morgan fingerprint density at radius 3 is 2.59 bits per heavy atom. The van der Waals surface area contributed by atoms with Crippen molar-refractivity contribution in [2.24, 2.45) is 0 Å². The van der Waals surface area contributed by atoms with Gasteiger partial charge in [-0.15, -0.1) is 11.3 Å². The van der Waals surface area contributed by atoms with Crippen molar-refractivity contribution in [3.63, 3.8) is 0 Å². The molecular weight excluding hydrogens is 386 g/mol. The minimum absolute atomic E-state index is 0.0246. The lowest BCUT2D eigenvalue weighted by atomic mass is 10.1. The average Bonchev–Trinajstić information content (AvgIpc) is 3.41. The van der Waals surface area contributed by atoms with E-state index < -0.39 is 0 Å². The quantitative estimate of drug-likeness (QED) is 0.583. The van der Waals surface area contributed by atoms with Crippen LogP contribution in [-0.4, -0.2) is 37.4 Å². The van der Waals surface area contributed by atoms with Gasteiger partial charge in [0.25, 0.3) is 11.8 Å². The number of anilines is 2. The first kappa shape index (κ1) is 20.7. The predicted octanol–water partition coefficient (Wildman–Crippen LogP) is 4.71. The van der Waals surface area contributed by atoms with Gasteiger partial charge in [-0.2, -0.15) is 0 Å². The van der Waals surface area contributed by atoms with E-state index in [4.69, 9.17) is 4.42 Å². The van der Waals surface area contributed by atoms with Crippen LogP contribution in [0.3, 0.4) is 0 Å². The Labute approximate surface area is 174 Å². The molecule has 0 aliphatic rings. The number of thiophene rings is 1. The van der Waals surface area contributed by atoms with Crippen LogP contribution in [0.5, 0.6) is 0 Å². The van der Waals surface area contributed by atoms with Crippen LogP contribution >= 0.6 is 11.3 Å². The van der Waals surface area contributed by atoms with Crippen LogP contribution in [0.4, 0.5) is 11.4 Å². The molecule has 152 valence electrons. The number of furan rings is 1. The monoisotopic (exact) mass is 411 g/mol. The molecule has 2 heterocycles. The maximum absolute atomic E-state index is 12.9. The summed E-state index contributed by atoms with van der Waals surface area (Å²) < 4.78 is 5.16. The number of amides is 2. The second-order valence-corrected chi connectivity index (χ2v) is 7.82. The third-order valence-corrected chi connectivity index (χ3v) is 5.30. The molecule has 0 bridgehead atoms. The first-order valence-corrected chi connectivity index (χ1v) is 10.4. The second-order valence-electron chi connectivity index (χ2n) is 6.87. The van der Waals surface area contributed by atoms with Crippen LogP contribution in [0, 0.1) is 0 Å². The molecule has 6 nitrogen and oxygen atoms in total. The third kappa shape index (κ3) is 5.06. The molecule has 0 aliphatic heterocycles. The minimum Gasteiger partial charge on any atom is -0.459 e. The molecule has 0 saturated heterocycles. The average molecular weight is 412 g/mol. The van der Waals surface area contributed by atoms with Crippen molar-refractivity contribution >= 4 is 34.5 Å². The van der Waals surface area contributed by atoms with Gasteiger partial charge in [0.15, 0.2) is 5.76 Å². The van der Waals surface area contributed by atoms with E-state index in [1.807, 2.05) is 59.6 Å². The number of carbonyl (C=O) groups excluding carboxylic acids is 2. The molecule has 3 aromatic rings. The molecule has 2 aromatic heterocycles. The van der Waals surface area contributed by atoms with E-state index in [1.54, 1.807) is 12.1 Å². The molecule has 0 atom stereocenters. The van der Waals surface area contributed by atoms with E-state index in [2.05, 4.69) is 12.2 Å². The minimum atomic E-state index is -0.307. The van der Waals surface area contributed by atoms with Gasteiger partial charge in [-0.3, -0.25) is 9.59 Å². The Bertz CT molecular complexity index is 950. The summed E-state index contributed by atoms with van der Waals surface area (Å²) >= 11 is 1.45. The van der Waals surface area contributed by atoms with Gasteiger partial charge in [-0.05, 0) is 53.8 Å². The first-order valence-electron chi connectivity index (χ1n) is 9.47. The largest absolute Gasteiger partial charge is 0.459 e. The van der Waals surface area contributed by atoms with Gasteiger partial charge in [-0.25, -0.2) is 0 Å². The summed E-state index contributed by atoms with van der Waals surface area (Å²) in [5.74, 6) is -0.0288. The van der Waals surface area contributed by atoms with E-state index in [0.29, 0.717) is 18.8 Å². The zero-order valence-electron chi connectivity index (χ0n) is 16.8. The lowest BCUT2D eigenvalue weighted by Gasteiger charge is -2.25. The summed E-state index contributed by atoms with van der Waals surface area (Å²) in [7, 11) is 3.93. The second kappa shape index (κ2) is 9.43. The van der Waals surface area contributed by atoms with Crippen molar-refractivity contribution in [3.8, 4) is 0 Å². The Hall–Kier alpha value is -3.06. The number of nitrogens with one attached hydrogen (secondary N) is 1. The Morgan fingerprint density at radius 1 is 1.14 bits per heavy atom. The van der Waals surface area contributed by atoms with Crippen LogP contribution in [-0.2, 0) is 6.54 Å². The molecule has 29 heavy (non-hydrogen) atoms. The topological polar surface area (TPSA) is 65.8 Å². The Morgan fingerprint density at radius 2 is 1.97 bits per heavy atom. The zero-order chi connectivity index (χ0) is 20.8. The molecule has 3 rings (SSSR count). The molecule has 7 heteroatoms. The molecule has 0 saturated carbocycles. The fraction of sp³-hybridized carbons (Fsp3) is 0.273. The number of carbonyl (C=O) groups is 2. The van der Waals surface area contributed by atoms with Crippen molar-refractivity contribution in [2.45, 2.75) is 19.9 Å². The summed E-state index contributed by atoms with van der Waals surface area (Å²) in [6, 6.07) is 12.8. The smallest absolute Gasteiger partial charge is 0.291 e. The molecule has 0 fully saturated rings. The van der Waals surface area contributed by atoms with Gasteiger partial charge in [0.1, 0.15) is 0 Å². The van der Waals surface area contributed by atoms with E-state index >= 15 is 0 Å². The summed E-state index contributed by atoms with van der Waals surface area (Å²) in [6.45, 7) is 3.18. The van der Waals surface area contributed by atoms with Gasteiger partial charge >= 0.3 is 0 Å². The van der Waals surface area contributed by atoms with E-state index in [0.717, 1.165) is 22.5 Å². The van der Waals surface area contributed by atoms with Crippen LogP contribution in [0.1, 0.15) is 39.1 Å². The maximum atomic E-state index is 12.9. The van der Waals surface area contributed by atoms with Gasteiger partial charge in [0, 0.05) is 38.6 Å². The molecule has 1 N–H and O–H groups in total. The Balaban J connectivity index is 1.86. The van der Waals surface area contributed by atoms with Gasteiger partial charge < -0.3 is 19.5 Å². The molecule has 0 radical (unpaired) electrons. The van der Waals surface area contributed by atoms with Crippen molar-refractivity contribution in [2.75, 3.05) is 30.9 Å². The first-order chi connectivity index (χ1) is 14.0. The summed E-state index contributed by atoms with van der Waals surface area (Å²) in [5, 5.41) is 4.77. The van der Waals surface area contributed by atoms with E-state index in [1.165, 1.54) is 17.6 Å². The van der Waals surface area contributed by atoms with Gasteiger partial charge in [-0.1, -0.05) is 13.0 Å². The lowest BCUT2D eigenvalue weighted by molar-refractivity contribution is 0.0748. The SMILES string of the molecule is CCCN(Cc1cc(NC(=O)c2ccco2)ccc1N(C)C)C(=O)c1cccs1. The normalized spacial score (nSPS) is 10.6. The third-order valence-electron chi connectivity index (χ3n) is 4.44. The van der Waals surface area contributed by atoms with Crippen LogP contribution < -0.4 is 10.2 Å². The Kier molecular flexibility index (Phi) is 6.72. The van der Waals surface area contributed by atoms with Crippen molar-refractivity contribution in [1.82, 2.24) is 4.90 Å². The number of hydrogen-bond donors (Lipinski definition) is 1. The molecular formula is C22H25N3O3S. The van der Waals surface area contributed by atoms with Crippen molar-refractivity contribution in [1.29, 1.82) is 0 Å². The molecule has 0 aliphatic carbocycles. The standard InChI is InChI=1S/C22H25N3O3S/c1-4-11-25(22(27)20-8-6-13-29-20)15-16-14-17(9-10-18(16)24(2)3)23-21(26)19-7-5-12-28-19/h5-10,12-14H,4,11,15H2,1-3H3,(H,23,26). The van der Waals surface area contributed by atoms with Crippen LogP contribution in [0.2, 0.25) is 0 Å². The highest BCUT2D eigenvalue weighted by Gasteiger charge is 2.19. The highest BCUT2D eigenvalue weighted by Crippen LogP contribution is 2.26. The lowest BCUT2D eigenvalue weighted by Crippen LogP contribution is -2.31. The highest BCUT2D eigenvalue weighted by molar-refractivity contribution is 7.12. The molecule has 0 spiro atoms. The van der Waals surface area contributed by atoms with Crippen LogP contribution in [0.15, 0.2) is 58.5 Å². The van der Waals surface area contributed by atoms with Crippen molar-refractivity contribution in [3.05, 3.63) is 70.3 Å². The van der Waals surface area contributed by atoms with Gasteiger partial charge in [0.2, 0.25) is 0 Å².